The van der Waals surface area contributed by atoms with Crippen molar-refractivity contribution in [3.8, 4) is 0 Å². The zero-order valence-electron chi connectivity index (χ0n) is 18.5. The molecule has 0 saturated carbocycles. The lowest BCUT2D eigenvalue weighted by Gasteiger charge is -2.45. The second kappa shape index (κ2) is 9.12. The molecule has 3 aromatic rings. The van der Waals surface area contributed by atoms with Crippen LogP contribution in [0.25, 0.3) is 0 Å². The third kappa shape index (κ3) is 4.03. The second-order valence-corrected chi connectivity index (χ2v) is 10.7. The zero-order valence-corrected chi connectivity index (χ0v) is 19.4. The summed E-state index contributed by atoms with van der Waals surface area (Å²) in [6, 6.07) is 34.5. The fourth-order valence-corrected chi connectivity index (χ4v) is 8.29. The van der Waals surface area contributed by atoms with E-state index >= 15 is 0 Å². The molecule has 0 aromatic heterocycles. The van der Waals surface area contributed by atoms with Gasteiger partial charge in [0.25, 0.3) is 0 Å². The molecule has 5 rings (SSSR count). The monoisotopic (exact) mass is 429 g/mol. The van der Waals surface area contributed by atoms with Gasteiger partial charge >= 0.3 is 0 Å². The molecule has 2 saturated heterocycles. The van der Waals surface area contributed by atoms with Crippen LogP contribution in [0.4, 0.5) is 5.69 Å². The van der Waals surface area contributed by atoms with E-state index in [1.165, 1.54) is 36.2 Å². The van der Waals surface area contributed by atoms with Gasteiger partial charge in [0.15, 0.2) is 8.37 Å². The van der Waals surface area contributed by atoms with Gasteiger partial charge < -0.3 is 4.67 Å². The van der Waals surface area contributed by atoms with Crippen LogP contribution in [0, 0.1) is 0 Å². The number of anilines is 1. The quantitative estimate of drug-likeness (QED) is 0.390. The number of hydrogen-bond acceptors (Lipinski definition) is 3. The van der Waals surface area contributed by atoms with E-state index < -0.39 is 8.37 Å². The largest absolute Gasteiger partial charge is 0.324 e. The van der Waals surface area contributed by atoms with Crippen molar-refractivity contribution in [3.05, 3.63) is 102 Å². The smallest absolute Gasteiger partial charge is 0.150 e. The Labute approximate surface area is 188 Å². The van der Waals surface area contributed by atoms with Gasteiger partial charge in [-0.1, -0.05) is 78.9 Å². The van der Waals surface area contributed by atoms with Crippen LogP contribution in [0.1, 0.15) is 49.9 Å². The standard InChI is InChI=1S/C27H32N3P/c1-22(24-13-6-3-7-14-24)30(23(2)25-15-8-4-9-16-25)31-28-20-12-19-27(28)21-29(31)26-17-10-5-11-18-26/h3-11,13-18,22-23,27H,12,19-21H2,1-2H3/t22-,23-,27+,31-/m1/s1. The SMILES string of the molecule is C[C@H](c1ccccc1)N([C@H](C)c1ccccc1)[P@@]1N(c2ccccc2)C[C@@H]2CCCN21. The summed E-state index contributed by atoms with van der Waals surface area (Å²) in [5.41, 5.74) is 4.14. The van der Waals surface area contributed by atoms with Gasteiger partial charge in [0.2, 0.25) is 0 Å². The highest BCUT2D eigenvalue weighted by molar-refractivity contribution is 7.55. The van der Waals surface area contributed by atoms with Gasteiger partial charge in [0.05, 0.1) is 0 Å². The zero-order chi connectivity index (χ0) is 21.2. The van der Waals surface area contributed by atoms with Crippen LogP contribution in [0.5, 0.6) is 0 Å². The van der Waals surface area contributed by atoms with E-state index in [0.29, 0.717) is 18.1 Å². The molecule has 0 radical (unpaired) electrons. The molecule has 3 aromatic carbocycles. The normalized spacial score (nSPS) is 23.1. The number of fused-ring (bicyclic) bond motifs is 1. The van der Waals surface area contributed by atoms with Crippen LogP contribution in [0.2, 0.25) is 0 Å². The number of hydrogen-bond donors (Lipinski definition) is 0. The Balaban J connectivity index is 1.59. The van der Waals surface area contributed by atoms with E-state index in [4.69, 9.17) is 0 Å². The Bertz CT molecular complexity index is 920. The van der Waals surface area contributed by atoms with Crippen LogP contribution in [0.3, 0.4) is 0 Å². The summed E-state index contributed by atoms with van der Waals surface area (Å²) in [4.78, 5) is 0. The van der Waals surface area contributed by atoms with E-state index in [-0.39, 0.29) is 0 Å². The number of benzene rings is 3. The number of nitrogens with zero attached hydrogens (tertiary/aromatic N) is 3. The maximum atomic E-state index is 2.82. The minimum absolute atomic E-state index is 0.327. The van der Waals surface area contributed by atoms with E-state index in [2.05, 4.69) is 119 Å². The summed E-state index contributed by atoms with van der Waals surface area (Å²) in [6.07, 6.45) is 2.63. The summed E-state index contributed by atoms with van der Waals surface area (Å²) in [5, 5.41) is 0. The molecule has 0 bridgehead atoms. The first-order valence-electron chi connectivity index (χ1n) is 11.5. The molecule has 0 N–H and O–H groups in total. The third-order valence-electron chi connectivity index (χ3n) is 6.79. The van der Waals surface area contributed by atoms with Crippen molar-refractivity contribution in [1.29, 1.82) is 0 Å². The van der Waals surface area contributed by atoms with E-state index in [0.717, 1.165) is 6.54 Å². The maximum absolute atomic E-state index is 2.82. The molecule has 0 spiro atoms. The summed E-state index contributed by atoms with van der Waals surface area (Å²) < 4.78 is 8.33. The molecule has 31 heavy (non-hydrogen) atoms. The van der Waals surface area contributed by atoms with Crippen LogP contribution in [0.15, 0.2) is 91.0 Å². The predicted octanol–water partition coefficient (Wildman–Crippen LogP) is 7.02. The summed E-state index contributed by atoms with van der Waals surface area (Å²) >= 11 is 0. The minimum Gasteiger partial charge on any atom is -0.324 e. The van der Waals surface area contributed by atoms with Crippen LogP contribution < -0.4 is 4.67 Å². The van der Waals surface area contributed by atoms with Crippen molar-refractivity contribution in [1.82, 2.24) is 9.34 Å². The summed E-state index contributed by atoms with van der Waals surface area (Å²) in [6.45, 7) is 7.13. The summed E-state index contributed by atoms with van der Waals surface area (Å²) in [5.74, 6) is 0. The van der Waals surface area contributed by atoms with Gasteiger partial charge in [0.1, 0.15) is 0 Å². The van der Waals surface area contributed by atoms with Crippen molar-refractivity contribution >= 4 is 14.1 Å². The van der Waals surface area contributed by atoms with Crippen LogP contribution in [-0.2, 0) is 0 Å². The van der Waals surface area contributed by atoms with E-state index in [1.54, 1.807) is 0 Å². The van der Waals surface area contributed by atoms with Crippen molar-refractivity contribution in [2.75, 3.05) is 17.8 Å². The molecule has 0 unspecified atom stereocenters. The number of rotatable bonds is 6. The lowest BCUT2D eigenvalue weighted by Crippen LogP contribution is -2.34. The first kappa shape index (κ1) is 20.7. The topological polar surface area (TPSA) is 9.72 Å². The minimum atomic E-state index is -0.615. The third-order valence-corrected chi connectivity index (χ3v) is 9.71. The Morgan fingerprint density at radius 1 is 0.774 bits per heavy atom. The fourth-order valence-electron chi connectivity index (χ4n) is 5.13. The fraction of sp³-hybridized carbons (Fsp3) is 0.333. The van der Waals surface area contributed by atoms with Gasteiger partial charge in [-0.05, 0) is 49.9 Å². The van der Waals surface area contributed by atoms with Crippen molar-refractivity contribution in [3.63, 3.8) is 0 Å². The highest BCUT2D eigenvalue weighted by atomic mass is 31.2. The van der Waals surface area contributed by atoms with Crippen molar-refractivity contribution < 1.29 is 0 Å². The van der Waals surface area contributed by atoms with Gasteiger partial charge in [0, 0.05) is 36.9 Å². The molecule has 160 valence electrons. The highest BCUT2D eigenvalue weighted by Crippen LogP contribution is 2.63. The highest BCUT2D eigenvalue weighted by Gasteiger charge is 2.48. The molecule has 4 heteroatoms. The molecule has 2 fully saturated rings. The Kier molecular flexibility index (Phi) is 6.09. The average molecular weight is 430 g/mol. The molecule has 2 aliphatic rings. The Hall–Kier alpha value is -2.19. The van der Waals surface area contributed by atoms with E-state index in [1.807, 2.05) is 0 Å². The van der Waals surface area contributed by atoms with Gasteiger partial charge in [-0.2, -0.15) is 0 Å². The van der Waals surface area contributed by atoms with Gasteiger partial charge in [-0.3, -0.25) is 0 Å². The van der Waals surface area contributed by atoms with Crippen molar-refractivity contribution in [2.24, 2.45) is 0 Å². The van der Waals surface area contributed by atoms with Crippen molar-refractivity contribution in [2.45, 2.75) is 44.8 Å². The Morgan fingerprint density at radius 3 is 1.84 bits per heavy atom. The molecule has 2 aliphatic heterocycles. The molecule has 4 atom stereocenters. The lowest BCUT2D eigenvalue weighted by atomic mass is 10.0. The average Bonchev–Trinajstić information content (AvgIpc) is 3.43. The molecule has 0 amide bonds. The maximum Gasteiger partial charge on any atom is 0.150 e. The molecule has 3 nitrogen and oxygen atoms in total. The van der Waals surface area contributed by atoms with Crippen LogP contribution >= 0.6 is 8.37 Å². The van der Waals surface area contributed by atoms with Gasteiger partial charge in [-0.25, -0.2) is 9.34 Å². The molecular formula is C27H32N3P. The first-order valence-corrected chi connectivity index (χ1v) is 12.7. The molecular weight excluding hydrogens is 397 g/mol. The van der Waals surface area contributed by atoms with Crippen LogP contribution in [-0.4, -0.2) is 28.5 Å². The van der Waals surface area contributed by atoms with E-state index in [9.17, 15) is 0 Å². The second-order valence-electron chi connectivity index (χ2n) is 8.70. The van der Waals surface area contributed by atoms with Gasteiger partial charge in [-0.15, -0.1) is 0 Å². The molecule has 0 aliphatic carbocycles. The first-order chi connectivity index (χ1) is 15.2. The lowest BCUT2D eigenvalue weighted by molar-refractivity contribution is 0.279. The predicted molar refractivity (Wildman–Crippen MR) is 132 cm³/mol. The molecule has 2 heterocycles. The summed E-state index contributed by atoms with van der Waals surface area (Å²) in [7, 11) is -0.615. The Morgan fingerprint density at radius 2 is 1.29 bits per heavy atom. The number of para-hydroxylation sites is 1.